The van der Waals surface area contributed by atoms with Crippen LogP contribution in [0.25, 0.3) is 0 Å². The molecule has 62 valence electrons. The molecule has 0 bridgehead atoms. The second kappa shape index (κ2) is 2.77. The molecule has 0 radical (unpaired) electrons. The minimum absolute atomic E-state index is 0.681. The van der Waals surface area contributed by atoms with Crippen LogP contribution >= 0.6 is 0 Å². The minimum Gasteiger partial charge on any atom is -0.267 e. The molecule has 2 aromatic rings. The Morgan fingerprint density at radius 1 is 1.50 bits per heavy atom. The lowest BCUT2D eigenvalue weighted by molar-refractivity contribution is 0.667. The van der Waals surface area contributed by atoms with Crippen LogP contribution in [0.4, 0.5) is 0 Å². The summed E-state index contributed by atoms with van der Waals surface area (Å²) >= 11 is 0. The molecule has 0 saturated heterocycles. The lowest BCUT2D eigenvalue weighted by atomic mass is 10.5. The summed E-state index contributed by atoms with van der Waals surface area (Å²) in [6.07, 6.45) is 5.52. The van der Waals surface area contributed by atoms with E-state index >= 15 is 0 Å². The van der Waals surface area contributed by atoms with Gasteiger partial charge in [0.1, 0.15) is 5.69 Å². The summed E-state index contributed by atoms with van der Waals surface area (Å²) in [6.45, 7) is 0.681. The first kappa shape index (κ1) is 7.02. The predicted molar refractivity (Wildman–Crippen MR) is 42.3 cm³/mol. The third-order valence-corrected chi connectivity index (χ3v) is 1.53. The number of aryl methyl sites for hydroxylation is 1. The van der Waals surface area contributed by atoms with Crippen molar-refractivity contribution in [3.8, 4) is 0 Å². The van der Waals surface area contributed by atoms with Crippen molar-refractivity contribution in [3.63, 3.8) is 0 Å². The smallest absolute Gasteiger partial charge is 0.104 e. The molecule has 2 aromatic heterocycles. The summed E-state index contributed by atoms with van der Waals surface area (Å²) in [7, 11) is 1.85. The van der Waals surface area contributed by atoms with Crippen LogP contribution in [-0.4, -0.2) is 24.8 Å². The topological polar surface area (TPSA) is 48.5 Å². The number of hydrogen-bond donors (Lipinski definition) is 0. The molecule has 0 aliphatic heterocycles. The monoisotopic (exact) mass is 163 g/mol. The largest absolute Gasteiger partial charge is 0.267 e. The standard InChI is InChI=1S/C7H9N5/c1-11-5-7(9-10-11)6-12-4-2-3-8-12/h2-5H,6H2,1H3. The van der Waals surface area contributed by atoms with Crippen molar-refractivity contribution in [2.45, 2.75) is 6.54 Å². The average Bonchev–Trinajstić information content (AvgIpc) is 2.63. The molecular formula is C7H9N5. The summed E-state index contributed by atoms with van der Waals surface area (Å²) in [5, 5.41) is 11.8. The van der Waals surface area contributed by atoms with E-state index in [1.54, 1.807) is 10.9 Å². The first-order valence-electron chi connectivity index (χ1n) is 3.67. The van der Waals surface area contributed by atoms with Gasteiger partial charge in [0.25, 0.3) is 0 Å². The zero-order valence-electron chi connectivity index (χ0n) is 6.75. The first-order valence-corrected chi connectivity index (χ1v) is 3.67. The van der Waals surface area contributed by atoms with E-state index in [0.717, 1.165) is 5.69 Å². The number of nitrogens with zero attached hydrogens (tertiary/aromatic N) is 5. The Morgan fingerprint density at radius 2 is 2.42 bits per heavy atom. The van der Waals surface area contributed by atoms with Crippen molar-refractivity contribution in [2.75, 3.05) is 0 Å². The third-order valence-electron chi connectivity index (χ3n) is 1.53. The molecule has 0 unspecified atom stereocenters. The van der Waals surface area contributed by atoms with Gasteiger partial charge in [-0.2, -0.15) is 5.10 Å². The number of hydrogen-bond acceptors (Lipinski definition) is 3. The van der Waals surface area contributed by atoms with Gasteiger partial charge in [-0.05, 0) is 6.07 Å². The van der Waals surface area contributed by atoms with Crippen LogP contribution in [-0.2, 0) is 13.6 Å². The lowest BCUT2D eigenvalue weighted by Gasteiger charge is -1.94. The van der Waals surface area contributed by atoms with E-state index in [1.165, 1.54) is 0 Å². The van der Waals surface area contributed by atoms with Crippen molar-refractivity contribution in [3.05, 3.63) is 30.4 Å². The van der Waals surface area contributed by atoms with Crippen molar-refractivity contribution < 1.29 is 0 Å². The second-order valence-corrected chi connectivity index (χ2v) is 2.59. The Hall–Kier alpha value is -1.65. The zero-order valence-corrected chi connectivity index (χ0v) is 6.75. The fourth-order valence-corrected chi connectivity index (χ4v) is 1.03. The fourth-order valence-electron chi connectivity index (χ4n) is 1.03. The molecule has 0 spiro atoms. The van der Waals surface area contributed by atoms with Gasteiger partial charge in [-0.15, -0.1) is 5.10 Å². The van der Waals surface area contributed by atoms with Crippen molar-refractivity contribution in [1.29, 1.82) is 0 Å². The highest BCUT2D eigenvalue weighted by Crippen LogP contribution is 1.94. The maximum absolute atomic E-state index is 4.06. The molecular weight excluding hydrogens is 154 g/mol. The highest BCUT2D eigenvalue weighted by molar-refractivity contribution is 4.93. The number of aromatic nitrogens is 5. The molecule has 0 saturated carbocycles. The van der Waals surface area contributed by atoms with Gasteiger partial charge >= 0.3 is 0 Å². The van der Waals surface area contributed by atoms with Crippen LogP contribution in [0.15, 0.2) is 24.7 Å². The molecule has 0 aromatic carbocycles. The highest BCUT2D eigenvalue weighted by Gasteiger charge is 1.98. The maximum atomic E-state index is 4.06. The van der Waals surface area contributed by atoms with Crippen LogP contribution < -0.4 is 0 Å². The van der Waals surface area contributed by atoms with Crippen molar-refractivity contribution in [2.24, 2.45) is 7.05 Å². The summed E-state index contributed by atoms with van der Waals surface area (Å²) in [5.74, 6) is 0. The average molecular weight is 163 g/mol. The van der Waals surface area contributed by atoms with Crippen LogP contribution in [0.5, 0.6) is 0 Å². The molecule has 5 heteroatoms. The molecule has 5 nitrogen and oxygen atoms in total. The van der Waals surface area contributed by atoms with Crippen molar-refractivity contribution in [1.82, 2.24) is 24.8 Å². The molecule has 0 N–H and O–H groups in total. The Balaban J connectivity index is 2.14. The van der Waals surface area contributed by atoms with Gasteiger partial charge in [-0.25, -0.2) is 0 Å². The molecule has 0 aliphatic rings. The van der Waals surface area contributed by atoms with E-state index in [2.05, 4.69) is 15.4 Å². The third kappa shape index (κ3) is 1.34. The second-order valence-electron chi connectivity index (χ2n) is 2.59. The van der Waals surface area contributed by atoms with Gasteiger partial charge < -0.3 is 0 Å². The van der Waals surface area contributed by atoms with Crippen LogP contribution in [0, 0.1) is 0 Å². The van der Waals surface area contributed by atoms with Crippen LogP contribution in [0.1, 0.15) is 5.69 Å². The molecule has 2 heterocycles. The van der Waals surface area contributed by atoms with E-state index in [4.69, 9.17) is 0 Å². The Kier molecular flexibility index (Phi) is 1.62. The maximum Gasteiger partial charge on any atom is 0.104 e. The van der Waals surface area contributed by atoms with E-state index in [1.807, 2.05) is 30.2 Å². The fraction of sp³-hybridized carbons (Fsp3) is 0.286. The molecule has 12 heavy (non-hydrogen) atoms. The molecule has 0 fully saturated rings. The normalized spacial score (nSPS) is 10.4. The Bertz CT molecular complexity index is 348. The summed E-state index contributed by atoms with van der Waals surface area (Å²) in [4.78, 5) is 0. The van der Waals surface area contributed by atoms with Gasteiger partial charge in [-0.3, -0.25) is 9.36 Å². The van der Waals surface area contributed by atoms with Gasteiger partial charge in [0, 0.05) is 25.6 Å². The van der Waals surface area contributed by atoms with Crippen LogP contribution in [0.2, 0.25) is 0 Å². The van der Waals surface area contributed by atoms with Gasteiger partial charge in [0.2, 0.25) is 0 Å². The van der Waals surface area contributed by atoms with Crippen LogP contribution in [0.3, 0.4) is 0 Å². The van der Waals surface area contributed by atoms with Gasteiger partial charge in [0.15, 0.2) is 0 Å². The first-order chi connectivity index (χ1) is 5.84. The van der Waals surface area contributed by atoms with Gasteiger partial charge in [0.05, 0.1) is 6.54 Å². The summed E-state index contributed by atoms with van der Waals surface area (Å²) < 4.78 is 3.49. The molecule has 0 atom stereocenters. The SMILES string of the molecule is Cn1cc(Cn2cccn2)nn1. The lowest BCUT2D eigenvalue weighted by Crippen LogP contribution is -1.99. The Morgan fingerprint density at radius 3 is 3.00 bits per heavy atom. The van der Waals surface area contributed by atoms with E-state index in [0.29, 0.717) is 6.54 Å². The number of rotatable bonds is 2. The zero-order chi connectivity index (χ0) is 8.39. The predicted octanol–water partition coefficient (Wildman–Crippen LogP) is 0.0599. The quantitative estimate of drug-likeness (QED) is 0.629. The highest BCUT2D eigenvalue weighted by atomic mass is 15.4. The van der Waals surface area contributed by atoms with Crippen molar-refractivity contribution >= 4 is 0 Å². The molecule has 0 aliphatic carbocycles. The summed E-state index contributed by atoms with van der Waals surface area (Å²) in [6, 6.07) is 1.89. The minimum atomic E-state index is 0.681. The van der Waals surface area contributed by atoms with E-state index in [9.17, 15) is 0 Å². The van der Waals surface area contributed by atoms with E-state index in [-0.39, 0.29) is 0 Å². The molecule has 2 rings (SSSR count). The van der Waals surface area contributed by atoms with E-state index < -0.39 is 0 Å². The molecule has 0 amide bonds. The Labute approximate surface area is 69.6 Å². The van der Waals surface area contributed by atoms with Gasteiger partial charge in [-0.1, -0.05) is 5.21 Å². The summed E-state index contributed by atoms with van der Waals surface area (Å²) in [5.41, 5.74) is 0.918.